The second kappa shape index (κ2) is 5.67. The average molecular weight is 284 g/mol. The molecule has 0 radical (unpaired) electrons. The maximum atomic E-state index is 13.7. The fraction of sp³-hybridized carbons (Fsp3) is 0.143. The summed E-state index contributed by atoms with van der Waals surface area (Å²) in [6.07, 6.45) is 0.478. The molecule has 0 aliphatic carbocycles. The van der Waals surface area contributed by atoms with Crippen molar-refractivity contribution in [1.29, 1.82) is 0 Å². The van der Waals surface area contributed by atoms with Crippen LogP contribution in [0.1, 0.15) is 17.2 Å². The fourth-order valence-corrected chi connectivity index (χ4v) is 2.44. The maximum Gasteiger partial charge on any atom is 0.194 e. The topological polar surface area (TPSA) is 20.2 Å². The van der Waals surface area contributed by atoms with Crippen molar-refractivity contribution in [3.8, 4) is 0 Å². The van der Waals surface area contributed by atoms with E-state index in [0.717, 1.165) is 17.0 Å². The van der Waals surface area contributed by atoms with Crippen molar-refractivity contribution >= 4 is 11.8 Å². The third-order valence-electron chi connectivity index (χ3n) is 2.79. The zero-order valence-corrected chi connectivity index (χ0v) is 10.8. The number of thioether (sulfide) groups is 1. The van der Waals surface area contributed by atoms with E-state index in [4.69, 9.17) is 0 Å². The quantitative estimate of drug-likeness (QED) is 0.681. The molecule has 0 fully saturated rings. The number of rotatable bonds is 3. The Morgan fingerprint density at radius 3 is 2.32 bits per heavy atom. The van der Waals surface area contributed by atoms with Gasteiger partial charge in [-0.1, -0.05) is 24.3 Å². The summed E-state index contributed by atoms with van der Waals surface area (Å²) in [4.78, 5) is 0.749. The van der Waals surface area contributed by atoms with Crippen LogP contribution in [0.2, 0.25) is 0 Å². The maximum absolute atomic E-state index is 13.7. The SMILES string of the molecule is CSc1ccccc1C(O)c1ccc(F)c(F)c1F. The standard InChI is InChI=1S/C14H11F3OS/c1-19-11-5-3-2-4-8(11)14(18)9-6-7-10(15)13(17)12(9)16/h2-7,14,18H,1H3. The number of benzene rings is 2. The normalized spacial score (nSPS) is 12.5. The fourth-order valence-electron chi connectivity index (χ4n) is 1.81. The highest BCUT2D eigenvalue weighted by molar-refractivity contribution is 7.98. The first-order chi connectivity index (χ1) is 9.06. The van der Waals surface area contributed by atoms with E-state index in [0.29, 0.717) is 5.56 Å². The average Bonchev–Trinajstić information content (AvgIpc) is 2.44. The molecule has 1 unspecified atom stereocenters. The Labute approximate surface area is 113 Å². The molecule has 0 amide bonds. The third kappa shape index (κ3) is 2.62. The summed E-state index contributed by atoms with van der Waals surface area (Å²) in [7, 11) is 0. The van der Waals surface area contributed by atoms with Crippen molar-refractivity contribution in [2.45, 2.75) is 11.0 Å². The van der Waals surface area contributed by atoms with Crippen molar-refractivity contribution in [2.24, 2.45) is 0 Å². The minimum atomic E-state index is -1.57. The first-order valence-electron chi connectivity index (χ1n) is 5.50. The highest BCUT2D eigenvalue weighted by Gasteiger charge is 2.21. The van der Waals surface area contributed by atoms with Crippen LogP contribution in [0.25, 0.3) is 0 Å². The van der Waals surface area contributed by atoms with Gasteiger partial charge in [0.2, 0.25) is 0 Å². The van der Waals surface area contributed by atoms with Crippen molar-refractivity contribution in [3.05, 3.63) is 65.0 Å². The van der Waals surface area contributed by atoms with E-state index in [2.05, 4.69) is 0 Å². The van der Waals surface area contributed by atoms with Gasteiger partial charge in [-0.15, -0.1) is 11.8 Å². The first-order valence-corrected chi connectivity index (χ1v) is 6.73. The van der Waals surface area contributed by atoms with Gasteiger partial charge >= 0.3 is 0 Å². The minimum Gasteiger partial charge on any atom is -0.384 e. The summed E-state index contributed by atoms with van der Waals surface area (Å²) in [6.45, 7) is 0. The molecular formula is C14H11F3OS. The van der Waals surface area contributed by atoms with Crippen molar-refractivity contribution in [3.63, 3.8) is 0 Å². The molecule has 0 aromatic heterocycles. The molecule has 19 heavy (non-hydrogen) atoms. The Morgan fingerprint density at radius 1 is 0.947 bits per heavy atom. The highest BCUT2D eigenvalue weighted by Crippen LogP contribution is 2.32. The molecule has 0 saturated heterocycles. The summed E-state index contributed by atoms with van der Waals surface area (Å²) in [5.74, 6) is -4.20. The molecule has 0 heterocycles. The zero-order valence-electron chi connectivity index (χ0n) is 10.0. The predicted octanol–water partition coefficient (Wildman–Crippen LogP) is 3.91. The van der Waals surface area contributed by atoms with Crippen LogP contribution in [0.15, 0.2) is 41.3 Å². The van der Waals surface area contributed by atoms with Crippen LogP contribution in [0, 0.1) is 17.5 Å². The lowest BCUT2D eigenvalue weighted by molar-refractivity contribution is 0.210. The van der Waals surface area contributed by atoms with Crippen molar-refractivity contribution in [2.75, 3.05) is 6.26 Å². The van der Waals surface area contributed by atoms with Crippen LogP contribution in [0.3, 0.4) is 0 Å². The largest absolute Gasteiger partial charge is 0.384 e. The lowest BCUT2D eigenvalue weighted by Gasteiger charge is -2.15. The smallest absolute Gasteiger partial charge is 0.194 e. The van der Waals surface area contributed by atoms with Gasteiger partial charge in [-0.2, -0.15) is 0 Å². The van der Waals surface area contributed by atoms with Gasteiger partial charge in [0, 0.05) is 10.5 Å². The van der Waals surface area contributed by atoms with E-state index in [-0.39, 0.29) is 5.56 Å². The van der Waals surface area contributed by atoms with Crippen molar-refractivity contribution < 1.29 is 18.3 Å². The summed E-state index contributed by atoms with van der Waals surface area (Å²) in [5, 5.41) is 10.2. The predicted molar refractivity (Wildman–Crippen MR) is 68.6 cm³/mol. The van der Waals surface area contributed by atoms with E-state index < -0.39 is 23.6 Å². The van der Waals surface area contributed by atoms with E-state index in [1.165, 1.54) is 11.8 Å². The monoisotopic (exact) mass is 284 g/mol. The molecule has 2 aromatic carbocycles. The third-order valence-corrected chi connectivity index (χ3v) is 3.60. The number of hydrogen-bond acceptors (Lipinski definition) is 2. The van der Waals surface area contributed by atoms with Gasteiger partial charge in [0.1, 0.15) is 6.10 Å². The summed E-state index contributed by atoms with van der Waals surface area (Å²) >= 11 is 1.38. The van der Waals surface area contributed by atoms with Gasteiger partial charge in [0.25, 0.3) is 0 Å². The van der Waals surface area contributed by atoms with E-state index >= 15 is 0 Å². The Kier molecular flexibility index (Phi) is 4.17. The summed E-state index contributed by atoms with van der Waals surface area (Å²) in [5.41, 5.74) is 0.181. The molecule has 1 N–H and O–H groups in total. The summed E-state index contributed by atoms with van der Waals surface area (Å²) in [6, 6.07) is 8.71. The van der Waals surface area contributed by atoms with Crippen LogP contribution >= 0.6 is 11.8 Å². The Bertz CT molecular complexity index is 601. The minimum absolute atomic E-state index is 0.277. The zero-order chi connectivity index (χ0) is 14.0. The number of hydrogen-bond donors (Lipinski definition) is 1. The van der Waals surface area contributed by atoms with Crippen molar-refractivity contribution in [1.82, 2.24) is 0 Å². The number of aliphatic hydroxyl groups is 1. The second-order valence-electron chi connectivity index (χ2n) is 3.91. The van der Waals surface area contributed by atoms with Gasteiger partial charge in [0.15, 0.2) is 17.5 Å². The molecule has 2 aromatic rings. The van der Waals surface area contributed by atoms with Gasteiger partial charge in [0.05, 0.1) is 0 Å². The highest BCUT2D eigenvalue weighted by atomic mass is 32.2. The lowest BCUT2D eigenvalue weighted by Crippen LogP contribution is -2.06. The molecule has 0 saturated carbocycles. The number of aliphatic hydroxyl groups excluding tert-OH is 1. The van der Waals surface area contributed by atoms with Crippen LogP contribution in [0.5, 0.6) is 0 Å². The van der Waals surface area contributed by atoms with Crippen LogP contribution in [0.4, 0.5) is 13.2 Å². The molecule has 0 aliphatic rings. The first kappa shape index (κ1) is 14.0. The Morgan fingerprint density at radius 2 is 1.63 bits per heavy atom. The van der Waals surface area contributed by atoms with E-state index in [1.807, 2.05) is 6.26 Å². The molecule has 1 nitrogen and oxygen atoms in total. The molecular weight excluding hydrogens is 273 g/mol. The second-order valence-corrected chi connectivity index (χ2v) is 4.76. The summed E-state index contributed by atoms with van der Waals surface area (Å²) < 4.78 is 39.7. The van der Waals surface area contributed by atoms with E-state index in [1.54, 1.807) is 24.3 Å². The van der Waals surface area contributed by atoms with Crippen LogP contribution < -0.4 is 0 Å². The Hall–Kier alpha value is -1.46. The lowest BCUT2D eigenvalue weighted by atomic mass is 10.0. The molecule has 0 spiro atoms. The van der Waals surface area contributed by atoms with Gasteiger partial charge in [-0.05, 0) is 24.0 Å². The Balaban J connectivity index is 2.50. The molecule has 100 valence electrons. The van der Waals surface area contributed by atoms with Gasteiger partial charge < -0.3 is 5.11 Å². The number of halogens is 3. The molecule has 2 rings (SSSR count). The molecule has 1 atom stereocenters. The van der Waals surface area contributed by atoms with E-state index in [9.17, 15) is 18.3 Å². The van der Waals surface area contributed by atoms with Gasteiger partial charge in [-0.3, -0.25) is 0 Å². The molecule has 5 heteroatoms. The van der Waals surface area contributed by atoms with Crippen LogP contribution in [-0.4, -0.2) is 11.4 Å². The van der Waals surface area contributed by atoms with Crippen LogP contribution in [-0.2, 0) is 0 Å². The van der Waals surface area contributed by atoms with Gasteiger partial charge in [-0.25, -0.2) is 13.2 Å². The molecule has 0 bridgehead atoms. The molecule has 0 aliphatic heterocycles.